The van der Waals surface area contributed by atoms with Crippen LogP contribution in [-0.4, -0.2) is 33.1 Å². The van der Waals surface area contributed by atoms with Crippen LogP contribution in [0.5, 0.6) is 17.2 Å². The highest BCUT2D eigenvalue weighted by molar-refractivity contribution is 6.39. The predicted octanol–water partition coefficient (Wildman–Crippen LogP) is 2.53. The molecule has 1 unspecified atom stereocenters. The van der Waals surface area contributed by atoms with Gasteiger partial charge in [0.2, 0.25) is 0 Å². The topological polar surface area (TPSA) is 85.9 Å². The summed E-state index contributed by atoms with van der Waals surface area (Å²) in [7, 11) is 4.59. The molecule has 1 atom stereocenters. The van der Waals surface area contributed by atoms with Crippen molar-refractivity contribution in [3.8, 4) is 17.2 Å². The van der Waals surface area contributed by atoms with Gasteiger partial charge in [-0.2, -0.15) is 0 Å². The molecule has 0 heterocycles. The summed E-state index contributed by atoms with van der Waals surface area (Å²) in [5.41, 5.74) is 1.29. The fourth-order valence-electron chi connectivity index (χ4n) is 2.34. The minimum absolute atomic E-state index is 0.329. The second kappa shape index (κ2) is 8.75. The summed E-state index contributed by atoms with van der Waals surface area (Å²) in [5, 5.41) is 5.19. The SMILES string of the molecule is COc1ccc(C(C)NC(=O)C(=O)Nc2ccc(OC)c(OC)c2)cc1. The van der Waals surface area contributed by atoms with Gasteiger partial charge in [-0.3, -0.25) is 9.59 Å². The van der Waals surface area contributed by atoms with E-state index in [1.54, 1.807) is 44.4 Å². The molecule has 0 bridgehead atoms. The van der Waals surface area contributed by atoms with Crippen LogP contribution >= 0.6 is 0 Å². The maximum absolute atomic E-state index is 12.1. The Morgan fingerprint density at radius 2 is 1.50 bits per heavy atom. The van der Waals surface area contributed by atoms with Gasteiger partial charge in [-0.1, -0.05) is 12.1 Å². The number of benzene rings is 2. The lowest BCUT2D eigenvalue weighted by Crippen LogP contribution is -2.36. The van der Waals surface area contributed by atoms with Crippen LogP contribution < -0.4 is 24.8 Å². The second-order valence-electron chi connectivity index (χ2n) is 5.49. The molecule has 2 aromatic rings. The zero-order valence-electron chi connectivity index (χ0n) is 15.2. The third kappa shape index (κ3) is 4.66. The largest absolute Gasteiger partial charge is 0.497 e. The number of hydrogen-bond acceptors (Lipinski definition) is 5. The van der Waals surface area contributed by atoms with Gasteiger partial charge in [0.05, 0.1) is 27.4 Å². The van der Waals surface area contributed by atoms with Gasteiger partial charge in [0.15, 0.2) is 11.5 Å². The summed E-state index contributed by atoms with van der Waals surface area (Å²) in [5.74, 6) is 0.208. The van der Waals surface area contributed by atoms with Crippen molar-refractivity contribution in [1.82, 2.24) is 5.32 Å². The lowest BCUT2D eigenvalue weighted by molar-refractivity contribution is -0.136. The lowest BCUT2D eigenvalue weighted by atomic mass is 10.1. The van der Waals surface area contributed by atoms with Crippen LogP contribution in [0.3, 0.4) is 0 Å². The van der Waals surface area contributed by atoms with E-state index in [0.717, 1.165) is 11.3 Å². The number of amides is 2. The summed E-state index contributed by atoms with van der Waals surface area (Å²) in [6.45, 7) is 1.80. The fourth-order valence-corrected chi connectivity index (χ4v) is 2.34. The summed E-state index contributed by atoms with van der Waals surface area (Å²) in [6, 6.07) is 11.8. The Bertz CT molecular complexity index is 774. The first kappa shape index (κ1) is 19.1. The minimum Gasteiger partial charge on any atom is -0.497 e. The molecule has 138 valence electrons. The Hall–Kier alpha value is -3.22. The fraction of sp³-hybridized carbons (Fsp3) is 0.263. The Morgan fingerprint density at radius 3 is 2.08 bits per heavy atom. The molecule has 7 heteroatoms. The van der Waals surface area contributed by atoms with Crippen molar-refractivity contribution < 1.29 is 23.8 Å². The van der Waals surface area contributed by atoms with Crippen molar-refractivity contribution in [2.75, 3.05) is 26.6 Å². The van der Waals surface area contributed by atoms with E-state index in [0.29, 0.717) is 17.2 Å². The standard InChI is InChI=1S/C19H22N2O5/c1-12(13-5-8-15(24-2)9-6-13)20-18(22)19(23)21-14-7-10-16(25-3)17(11-14)26-4/h5-12H,1-4H3,(H,20,22)(H,21,23). The zero-order chi connectivity index (χ0) is 19.1. The zero-order valence-corrected chi connectivity index (χ0v) is 15.2. The van der Waals surface area contributed by atoms with E-state index in [-0.39, 0.29) is 6.04 Å². The van der Waals surface area contributed by atoms with Gasteiger partial charge in [0, 0.05) is 11.8 Å². The molecular weight excluding hydrogens is 336 g/mol. The smallest absolute Gasteiger partial charge is 0.313 e. The van der Waals surface area contributed by atoms with Crippen LogP contribution in [-0.2, 0) is 9.59 Å². The summed E-state index contributed by atoms with van der Waals surface area (Å²) in [6.07, 6.45) is 0. The average molecular weight is 358 g/mol. The van der Waals surface area contributed by atoms with E-state index in [1.807, 2.05) is 12.1 Å². The molecule has 0 aliphatic heterocycles. The van der Waals surface area contributed by atoms with Crippen molar-refractivity contribution in [3.05, 3.63) is 48.0 Å². The monoisotopic (exact) mass is 358 g/mol. The highest BCUT2D eigenvalue weighted by Gasteiger charge is 2.18. The molecule has 0 saturated heterocycles. The quantitative estimate of drug-likeness (QED) is 0.775. The molecule has 0 aromatic heterocycles. The van der Waals surface area contributed by atoms with Crippen LogP contribution in [0.4, 0.5) is 5.69 Å². The van der Waals surface area contributed by atoms with Crippen LogP contribution in [0.2, 0.25) is 0 Å². The van der Waals surface area contributed by atoms with Gasteiger partial charge < -0.3 is 24.8 Å². The van der Waals surface area contributed by atoms with Crippen molar-refractivity contribution in [2.45, 2.75) is 13.0 Å². The number of anilines is 1. The highest BCUT2D eigenvalue weighted by atomic mass is 16.5. The van der Waals surface area contributed by atoms with Crippen LogP contribution in [0.1, 0.15) is 18.5 Å². The Morgan fingerprint density at radius 1 is 0.846 bits per heavy atom. The Kier molecular flexibility index (Phi) is 6.43. The Labute approximate surface area is 152 Å². The maximum Gasteiger partial charge on any atom is 0.313 e. The third-order valence-corrected chi connectivity index (χ3v) is 3.81. The first-order chi connectivity index (χ1) is 12.5. The molecule has 26 heavy (non-hydrogen) atoms. The molecule has 2 N–H and O–H groups in total. The molecule has 2 amide bonds. The van der Waals surface area contributed by atoms with Crippen molar-refractivity contribution in [1.29, 1.82) is 0 Å². The van der Waals surface area contributed by atoms with E-state index < -0.39 is 11.8 Å². The highest BCUT2D eigenvalue weighted by Crippen LogP contribution is 2.29. The van der Waals surface area contributed by atoms with E-state index >= 15 is 0 Å². The first-order valence-corrected chi connectivity index (χ1v) is 7.96. The first-order valence-electron chi connectivity index (χ1n) is 7.96. The number of methoxy groups -OCH3 is 3. The molecule has 0 radical (unpaired) electrons. The average Bonchev–Trinajstić information content (AvgIpc) is 2.67. The maximum atomic E-state index is 12.1. The summed E-state index contributed by atoms with van der Waals surface area (Å²) >= 11 is 0. The summed E-state index contributed by atoms with van der Waals surface area (Å²) < 4.78 is 15.4. The number of rotatable bonds is 6. The van der Waals surface area contributed by atoms with Crippen molar-refractivity contribution in [3.63, 3.8) is 0 Å². The number of carbonyl (C=O) groups is 2. The molecule has 0 aliphatic rings. The number of nitrogens with one attached hydrogen (secondary N) is 2. The third-order valence-electron chi connectivity index (χ3n) is 3.81. The minimum atomic E-state index is -0.766. The van der Waals surface area contributed by atoms with E-state index in [9.17, 15) is 9.59 Å². The lowest BCUT2D eigenvalue weighted by Gasteiger charge is -2.15. The van der Waals surface area contributed by atoms with Gasteiger partial charge in [-0.15, -0.1) is 0 Å². The molecule has 7 nitrogen and oxygen atoms in total. The second-order valence-corrected chi connectivity index (χ2v) is 5.49. The van der Waals surface area contributed by atoms with Gasteiger partial charge in [0.25, 0.3) is 0 Å². The predicted molar refractivity (Wildman–Crippen MR) is 97.7 cm³/mol. The molecule has 0 aliphatic carbocycles. The molecule has 0 spiro atoms. The van der Waals surface area contributed by atoms with Gasteiger partial charge in [-0.25, -0.2) is 0 Å². The molecule has 0 saturated carbocycles. The number of ether oxygens (including phenoxy) is 3. The van der Waals surface area contributed by atoms with E-state index in [1.165, 1.54) is 14.2 Å². The van der Waals surface area contributed by atoms with Crippen LogP contribution in [0.15, 0.2) is 42.5 Å². The number of carbonyl (C=O) groups excluding carboxylic acids is 2. The summed E-state index contributed by atoms with van der Waals surface area (Å²) in [4.78, 5) is 24.2. The van der Waals surface area contributed by atoms with Gasteiger partial charge in [-0.05, 0) is 36.8 Å². The normalized spacial score (nSPS) is 11.2. The van der Waals surface area contributed by atoms with Crippen LogP contribution in [0.25, 0.3) is 0 Å². The molecule has 2 aromatic carbocycles. The van der Waals surface area contributed by atoms with Gasteiger partial charge >= 0.3 is 11.8 Å². The van der Waals surface area contributed by atoms with E-state index in [2.05, 4.69) is 10.6 Å². The van der Waals surface area contributed by atoms with E-state index in [4.69, 9.17) is 14.2 Å². The van der Waals surface area contributed by atoms with Gasteiger partial charge in [0.1, 0.15) is 5.75 Å². The molecular formula is C19H22N2O5. The van der Waals surface area contributed by atoms with Crippen molar-refractivity contribution >= 4 is 17.5 Å². The number of hydrogen-bond donors (Lipinski definition) is 2. The Balaban J connectivity index is 1.99. The molecule has 0 fully saturated rings. The van der Waals surface area contributed by atoms with Crippen molar-refractivity contribution in [2.24, 2.45) is 0 Å². The van der Waals surface area contributed by atoms with Crippen LogP contribution in [0, 0.1) is 0 Å². The molecule has 2 rings (SSSR count).